The summed E-state index contributed by atoms with van der Waals surface area (Å²) in [5.74, 6) is 0. The van der Waals surface area contributed by atoms with Gasteiger partial charge in [0.1, 0.15) is 0 Å². The third-order valence-electron chi connectivity index (χ3n) is 5.01. The second-order valence-corrected chi connectivity index (χ2v) is 6.84. The summed E-state index contributed by atoms with van der Waals surface area (Å²) < 4.78 is 2.47. The maximum Gasteiger partial charge on any atom is 0.0573 e. The van der Waals surface area contributed by atoms with Crippen molar-refractivity contribution in [2.75, 3.05) is 0 Å². The minimum absolute atomic E-state index is 1.11. The number of para-hydroxylation sites is 2. The van der Waals surface area contributed by atoms with Gasteiger partial charge in [-0.2, -0.15) is 0 Å². The summed E-state index contributed by atoms with van der Waals surface area (Å²) in [7, 11) is 0. The van der Waals surface area contributed by atoms with Crippen LogP contribution in [0.5, 0.6) is 0 Å². The normalized spacial score (nSPS) is 11.4. The number of aromatic nitrogens is 1. The molecule has 0 unspecified atom stereocenters. The molecule has 0 amide bonds. The summed E-state index contributed by atoms with van der Waals surface area (Å²) in [5.41, 5.74) is 6.82. The van der Waals surface area contributed by atoms with E-state index in [2.05, 4.69) is 85.1 Å². The number of nitrogens with zero attached hydrogens (tertiary/aromatic N) is 1. The van der Waals surface area contributed by atoms with Crippen molar-refractivity contribution in [1.82, 2.24) is 4.57 Å². The quantitative estimate of drug-likeness (QED) is 0.385. The van der Waals surface area contributed by atoms with Gasteiger partial charge in [0.15, 0.2) is 0 Å². The molecule has 0 aliphatic heterocycles. The number of rotatable bonds is 5. The fourth-order valence-corrected chi connectivity index (χ4v) is 3.94. The van der Waals surface area contributed by atoms with Gasteiger partial charge in [0.2, 0.25) is 0 Å². The summed E-state index contributed by atoms with van der Waals surface area (Å²) in [4.78, 5) is 0. The molecular formula is C24H25N. The van der Waals surface area contributed by atoms with Crippen LogP contribution < -0.4 is 0 Å². The Bertz CT molecular complexity index is 1010. The van der Waals surface area contributed by atoms with Crippen molar-refractivity contribution in [1.29, 1.82) is 0 Å². The minimum Gasteiger partial charge on any atom is -0.309 e. The van der Waals surface area contributed by atoms with Crippen LogP contribution in [0.2, 0.25) is 0 Å². The molecule has 4 aromatic rings. The van der Waals surface area contributed by atoms with Gasteiger partial charge in [0.25, 0.3) is 0 Å². The average Bonchev–Trinajstić information content (AvgIpc) is 2.98. The molecule has 1 heteroatoms. The fourth-order valence-electron chi connectivity index (χ4n) is 3.94. The predicted molar refractivity (Wildman–Crippen MR) is 109 cm³/mol. The summed E-state index contributed by atoms with van der Waals surface area (Å²) in [6.45, 7) is 4.50. The van der Waals surface area contributed by atoms with Crippen LogP contribution in [0.25, 0.3) is 27.5 Å². The van der Waals surface area contributed by atoms with Crippen LogP contribution in [0.1, 0.15) is 37.8 Å². The van der Waals surface area contributed by atoms with E-state index < -0.39 is 0 Å². The topological polar surface area (TPSA) is 4.93 Å². The first-order chi connectivity index (χ1) is 12.3. The van der Waals surface area contributed by atoms with E-state index in [9.17, 15) is 0 Å². The smallest absolute Gasteiger partial charge is 0.0573 e. The molecule has 0 radical (unpaired) electrons. The number of hydrogen-bond donors (Lipinski definition) is 0. The lowest BCUT2D eigenvalue weighted by molar-refractivity contribution is 0.920. The van der Waals surface area contributed by atoms with E-state index in [1.54, 1.807) is 0 Å². The van der Waals surface area contributed by atoms with Crippen molar-refractivity contribution in [2.24, 2.45) is 0 Å². The number of aryl methyl sites for hydroxylation is 2. The number of benzene rings is 3. The lowest BCUT2D eigenvalue weighted by Gasteiger charge is -2.11. The SMILES string of the molecule is CCCc1ccc2c3cccc(CCC)c3n(-c3ccccc3)c2c1. The Morgan fingerprint density at radius 1 is 0.720 bits per heavy atom. The van der Waals surface area contributed by atoms with Gasteiger partial charge in [-0.25, -0.2) is 0 Å². The van der Waals surface area contributed by atoms with E-state index in [4.69, 9.17) is 0 Å². The first-order valence-corrected chi connectivity index (χ1v) is 9.43. The van der Waals surface area contributed by atoms with Gasteiger partial charge in [0.05, 0.1) is 11.0 Å². The van der Waals surface area contributed by atoms with Crippen molar-refractivity contribution < 1.29 is 0 Å². The molecule has 126 valence electrons. The Hall–Kier alpha value is -2.54. The van der Waals surface area contributed by atoms with E-state index in [0.717, 1.165) is 19.3 Å². The molecule has 3 aromatic carbocycles. The molecular weight excluding hydrogens is 302 g/mol. The highest BCUT2D eigenvalue weighted by Gasteiger charge is 2.15. The van der Waals surface area contributed by atoms with E-state index in [0.29, 0.717) is 0 Å². The standard InChI is InChI=1S/C24H25N/c1-3-9-18-15-16-21-22-14-8-11-19(10-4-2)24(22)25(23(21)17-18)20-12-6-5-7-13-20/h5-8,11-17H,3-4,9-10H2,1-2H3. The first-order valence-electron chi connectivity index (χ1n) is 9.43. The second kappa shape index (κ2) is 6.76. The van der Waals surface area contributed by atoms with Crippen molar-refractivity contribution >= 4 is 21.8 Å². The van der Waals surface area contributed by atoms with Gasteiger partial charge in [-0.3, -0.25) is 0 Å². The summed E-state index contributed by atoms with van der Waals surface area (Å²) in [6.07, 6.45) is 4.59. The number of hydrogen-bond acceptors (Lipinski definition) is 0. The Morgan fingerprint density at radius 2 is 1.52 bits per heavy atom. The molecule has 1 heterocycles. The monoisotopic (exact) mass is 327 g/mol. The minimum atomic E-state index is 1.11. The molecule has 0 aliphatic carbocycles. The van der Waals surface area contributed by atoms with Crippen LogP contribution in [-0.2, 0) is 12.8 Å². The maximum atomic E-state index is 2.47. The van der Waals surface area contributed by atoms with Crippen molar-refractivity contribution in [3.8, 4) is 5.69 Å². The molecule has 0 bridgehead atoms. The Balaban J connectivity index is 2.13. The number of fused-ring (bicyclic) bond motifs is 3. The molecule has 0 spiro atoms. The van der Waals surface area contributed by atoms with Crippen LogP contribution in [0.4, 0.5) is 0 Å². The zero-order valence-corrected chi connectivity index (χ0v) is 15.1. The van der Waals surface area contributed by atoms with Crippen molar-refractivity contribution in [3.05, 3.63) is 77.9 Å². The Morgan fingerprint density at radius 3 is 2.28 bits per heavy atom. The maximum absolute atomic E-state index is 2.47. The molecule has 0 saturated carbocycles. The average molecular weight is 327 g/mol. The highest BCUT2D eigenvalue weighted by Crippen LogP contribution is 2.35. The second-order valence-electron chi connectivity index (χ2n) is 6.84. The summed E-state index contributed by atoms with van der Waals surface area (Å²) in [5, 5.41) is 2.73. The molecule has 1 aromatic heterocycles. The molecule has 25 heavy (non-hydrogen) atoms. The van der Waals surface area contributed by atoms with Crippen molar-refractivity contribution in [2.45, 2.75) is 39.5 Å². The Labute approximate surface area is 149 Å². The molecule has 0 atom stereocenters. The van der Waals surface area contributed by atoms with Crippen LogP contribution in [-0.4, -0.2) is 4.57 Å². The third-order valence-corrected chi connectivity index (χ3v) is 5.01. The lowest BCUT2D eigenvalue weighted by Crippen LogP contribution is -1.97. The van der Waals surface area contributed by atoms with Crippen LogP contribution in [0, 0.1) is 0 Å². The summed E-state index contributed by atoms with van der Waals surface area (Å²) in [6, 6.07) is 24.6. The van der Waals surface area contributed by atoms with Gasteiger partial charge in [0, 0.05) is 16.5 Å². The molecule has 0 aliphatic rings. The Kier molecular flexibility index (Phi) is 4.31. The lowest BCUT2D eigenvalue weighted by atomic mass is 10.0. The van der Waals surface area contributed by atoms with Gasteiger partial charge in [-0.15, -0.1) is 0 Å². The molecule has 1 nitrogen and oxygen atoms in total. The molecule has 0 saturated heterocycles. The van der Waals surface area contributed by atoms with E-state index >= 15 is 0 Å². The third kappa shape index (κ3) is 2.74. The zero-order chi connectivity index (χ0) is 17.2. The van der Waals surface area contributed by atoms with Crippen molar-refractivity contribution in [3.63, 3.8) is 0 Å². The molecule has 4 rings (SSSR count). The molecule has 0 fully saturated rings. The zero-order valence-electron chi connectivity index (χ0n) is 15.1. The van der Waals surface area contributed by atoms with Crippen LogP contribution >= 0.6 is 0 Å². The van der Waals surface area contributed by atoms with E-state index in [1.807, 2.05) is 0 Å². The van der Waals surface area contributed by atoms with Gasteiger partial charge >= 0.3 is 0 Å². The van der Waals surface area contributed by atoms with E-state index in [1.165, 1.54) is 45.0 Å². The van der Waals surface area contributed by atoms with Gasteiger partial charge in [-0.05, 0) is 42.2 Å². The van der Waals surface area contributed by atoms with E-state index in [-0.39, 0.29) is 0 Å². The molecule has 0 N–H and O–H groups in total. The summed E-state index contributed by atoms with van der Waals surface area (Å²) >= 11 is 0. The first kappa shape index (κ1) is 16.0. The fraction of sp³-hybridized carbons (Fsp3) is 0.250. The van der Waals surface area contributed by atoms with Crippen LogP contribution in [0.3, 0.4) is 0 Å². The van der Waals surface area contributed by atoms with Gasteiger partial charge < -0.3 is 4.57 Å². The van der Waals surface area contributed by atoms with Gasteiger partial charge in [-0.1, -0.05) is 75.2 Å². The predicted octanol–water partition coefficient (Wildman–Crippen LogP) is 6.69. The van der Waals surface area contributed by atoms with Crippen LogP contribution in [0.15, 0.2) is 66.7 Å². The highest BCUT2D eigenvalue weighted by molar-refractivity contribution is 6.10. The largest absolute Gasteiger partial charge is 0.309 e. The highest BCUT2D eigenvalue weighted by atomic mass is 15.0.